The molecule has 0 unspecified atom stereocenters. The van der Waals surface area contributed by atoms with Crippen molar-refractivity contribution in [2.45, 2.75) is 12.0 Å². The Hall–Kier alpha value is -1.42. The van der Waals surface area contributed by atoms with E-state index in [1.54, 1.807) is 18.5 Å². The molecule has 0 spiro atoms. The van der Waals surface area contributed by atoms with Gasteiger partial charge in [0.2, 0.25) is 0 Å². The summed E-state index contributed by atoms with van der Waals surface area (Å²) < 4.78 is 0. The molecule has 0 amide bonds. The maximum atomic E-state index is 11.2. The Morgan fingerprint density at radius 1 is 1.20 bits per heavy atom. The molecule has 2 rings (SSSR count). The number of aliphatic hydroxyl groups is 1. The van der Waals surface area contributed by atoms with Crippen molar-refractivity contribution in [1.29, 1.82) is 0 Å². The summed E-state index contributed by atoms with van der Waals surface area (Å²) in [7, 11) is 3.98. The average Bonchev–Trinajstić information content (AvgIpc) is 2.45. The van der Waals surface area contributed by atoms with Crippen LogP contribution in [0.25, 0.3) is 0 Å². The fourth-order valence-corrected chi connectivity index (χ4v) is 2.38. The third kappa shape index (κ3) is 3.37. The molecule has 1 atom stereocenters. The number of benzene rings is 1. The smallest absolute Gasteiger partial charge is 0.117 e. The molecule has 1 aromatic heterocycles. The summed E-state index contributed by atoms with van der Waals surface area (Å²) in [6.07, 6.45) is 3.98. The van der Waals surface area contributed by atoms with Gasteiger partial charge in [0, 0.05) is 29.5 Å². The minimum atomic E-state index is -1.08. The second kappa shape index (κ2) is 6.35. The van der Waals surface area contributed by atoms with E-state index in [9.17, 15) is 5.11 Å². The normalized spacial score (nSPS) is 14.2. The van der Waals surface area contributed by atoms with Crippen molar-refractivity contribution in [2.24, 2.45) is 0 Å². The maximum Gasteiger partial charge on any atom is 0.117 e. The molecule has 0 aliphatic heterocycles. The van der Waals surface area contributed by atoms with Crippen LogP contribution in [-0.4, -0.2) is 35.6 Å². The highest BCUT2D eigenvalue weighted by Crippen LogP contribution is 2.33. The molecule has 0 aliphatic carbocycles. The standard InChI is InChI=1S/C16H19ClN2O/c1-19(2)10-8-16(20,14-6-4-9-18-12-14)13-5-3-7-15(17)11-13/h3-7,9,11-12,20H,8,10H2,1-2H3/t16-/m1/s1. The zero-order chi connectivity index (χ0) is 14.6. The molecule has 20 heavy (non-hydrogen) atoms. The first-order chi connectivity index (χ1) is 9.52. The van der Waals surface area contributed by atoms with E-state index >= 15 is 0 Å². The van der Waals surface area contributed by atoms with Crippen LogP contribution in [-0.2, 0) is 5.60 Å². The summed E-state index contributed by atoms with van der Waals surface area (Å²) in [6.45, 7) is 0.762. The molecule has 0 radical (unpaired) electrons. The zero-order valence-corrected chi connectivity index (χ0v) is 12.5. The van der Waals surface area contributed by atoms with Gasteiger partial charge in [0.25, 0.3) is 0 Å². The molecule has 0 saturated carbocycles. The van der Waals surface area contributed by atoms with Gasteiger partial charge < -0.3 is 10.0 Å². The quantitative estimate of drug-likeness (QED) is 0.920. The van der Waals surface area contributed by atoms with Crippen LogP contribution in [0, 0.1) is 0 Å². The first-order valence-electron chi connectivity index (χ1n) is 6.56. The van der Waals surface area contributed by atoms with Gasteiger partial charge in [-0.25, -0.2) is 0 Å². The molecule has 2 aromatic rings. The van der Waals surface area contributed by atoms with Crippen LogP contribution in [0.15, 0.2) is 48.8 Å². The van der Waals surface area contributed by atoms with Gasteiger partial charge in [-0.05, 0) is 44.3 Å². The third-order valence-electron chi connectivity index (χ3n) is 3.36. The Bertz CT molecular complexity index is 559. The molecular formula is C16H19ClN2O. The van der Waals surface area contributed by atoms with Crippen molar-refractivity contribution in [3.63, 3.8) is 0 Å². The van der Waals surface area contributed by atoms with E-state index in [-0.39, 0.29) is 0 Å². The first kappa shape index (κ1) is 15.0. The molecule has 1 heterocycles. The minimum absolute atomic E-state index is 0.575. The number of aromatic nitrogens is 1. The number of pyridine rings is 1. The number of rotatable bonds is 5. The number of nitrogens with zero attached hydrogens (tertiary/aromatic N) is 2. The lowest BCUT2D eigenvalue weighted by molar-refractivity contribution is 0.0626. The second-order valence-electron chi connectivity index (χ2n) is 5.17. The van der Waals surface area contributed by atoms with Crippen molar-refractivity contribution in [3.8, 4) is 0 Å². The van der Waals surface area contributed by atoms with Gasteiger partial charge >= 0.3 is 0 Å². The molecule has 0 aliphatic rings. The Kier molecular flexibility index (Phi) is 4.76. The van der Waals surface area contributed by atoms with Crippen LogP contribution in [0.1, 0.15) is 17.5 Å². The van der Waals surface area contributed by atoms with Crippen LogP contribution in [0.2, 0.25) is 5.02 Å². The molecule has 0 bridgehead atoms. The van der Waals surface area contributed by atoms with Gasteiger partial charge in [0.1, 0.15) is 5.60 Å². The van der Waals surface area contributed by atoms with E-state index in [4.69, 9.17) is 11.6 Å². The molecule has 0 fully saturated rings. The molecule has 106 valence electrons. The van der Waals surface area contributed by atoms with Gasteiger partial charge in [-0.2, -0.15) is 0 Å². The topological polar surface area (TPSA) is 36.4 Å². The Balaban J connectivity index is 2.43. The van der Waals surface area contributed by atoms with Crippen molar-refractivity contribution in [3.05, 3.63) is 64.9 Å². The van der Waals surface area contributed by atoms with Crippen LogP contribution < -0.4 is 0 Å². The molecular weight excluding hydrogens is 272 g/mol. The molecule has 1 N–H and O–H groups in total. The van der Waals surface area contributed by atoms with Crippen molar-refractivity contribution in [2.75, 3.05) is 20.6 Å². The van der Waals surface area contributed by atoms with Gasteiger partial charge in [-0.15, -0.1) is 0 Å². The van der Waals surface area contributed by atoms with E-state index in [1.165, 1.54) is 0 Å². The number of halogens is 1. The van der Waals surface area contributed by atoms with Crippen LogP contribution in [0.5, 0.6) is 0 Å². The predicted octanol–water partition coefficient (Wildman–Crippen LogP) is 2.92. The van der Waals surface area contributed by atoms with E-state index < -0.39 is 5.60 Å². The number of hydrogen-bond donors (Lipinski definition) is 1. The fourth-order valence-electron chi connectivity index (χ4n) is 2.19. The van der Waals surface area contributed by atoms with E-state index in [2.05, 4.69) is 4.98 Å². The van der Waals surface area contributed by atoms with Gasteiger partial charge in [0.05, 0.1) is 0 Å². The highest BCUT2D eigenvalue weighted by molar-refractivity contribution is 6.30. The van der Waals surface area contributed by atoms with E-state index in [1.807, 2.05) is 49.3 Å². The third-order valence-corrected chi connectivity index (χ3v) is 3.60. The fraction of sp³-hybridized carbons (Fsp3) is 0.312. The summed E-state index contributed by atoms with van der Waals surface area (Å²) in [5.41, 5.74) is 0.493. The second-order valence-corrected chi connectivity index (χ2v) is 5.60. The van der Waals surface area contributed by atoms with Gasteiger partial charge in [-0.3, -0.25) is 4.98 Å². The summed E-state index contributed by atoms with van der Waals surface area (Å²) in [6, 6.07) is 11.1. The Labute approximate surface area is 124 Å². The summed E-state index contributed by atoms with van der Waals surface area (Å²) >= 11 is 6.06. The van der Waals surface area contributed by atoms with Gasteiger partial charge in [-0.1, -0.05) is 29.8 Å². The summed E-state index contributed by atoms with van der Waals surface area (Å²) in [4.78, 5) is 6.17. The van der Waals surface area contributed by atoms with Crippen molar-refractivity contribution >= 4 is 11.6 Å². The first-order valence-corrected chi connectivity index (χ1v) is 6.94. The number of hydrogen-bond acceptors (Lipinski definition) is 3. The highest BCUT2D eigenvalue weighted by Gasteiger charge is 2.31. The molecule has 0 saturated heterocycles. The minimum Gasteiger partial charge on any atom is -0.380 e. The highest BCUT2D eigenvalue weighted by atomic mass is 35.5. The Morgan fingerprint density at radius 3 is 2.55 bits per heavy atom. The zero-order valence-electron chi connectivity index (χ0n) is 11.8. The summed E-state index contributed by atoms with van der Waals surface area (Å²) in [5, 5.41) is 11.8. The van der Waals surface area contributed by atoms with Crippen molar-refractivity contribution in [1.82, 2.24) is 9.88 Å². The summed E-state index contributed by atoms with van der Waals surface area (Å²) in [5.74, 6) is 0. The van der Waals surface area contributed by atoms with Crippen LogP contribution in [0.3, 0.4) is 0 Å². The largest absolute Gasteiger partial charge is 0.380 e. The van der Waals surface area contributed by atoms with E-state index in [0.29, 0.717) is 11.4 Å². The monoisotopic (exact) mass is 290 g/mol. The molecule has 3 nitrogen and oxygen atoms in total. The SMILES string of the molecule is CN(C)CC[C@](O)(c1cccnc1)c1cccc(Cl)c1. The molecule has 4 heteroatoms. The predicted molar refractivity (Wildman–Crippen MR) is 81.9 cm³/mol. The Morgan fingerprint density at radius 2 is 1.95 bits per heavy atom. The van der Waals surface area contributed by atoms with Crippen LogP contribution >= 0.6 is 11.6 Å². The maximum absolute atomic E-state index is 11.2. The van der Waals surface area contributed by atoms with Gasteiger partial charge in [0.15, 0.2) is 0 Å². The van der Waals surface area contributed by atoms with Crippen LogP contribution in [0.4, 0.5) is 0 Å². The van der Waals surface area contributed by atoms with Crippen molar-refractivity contribution < 1.29 is 5.11 Å². The lowest BCUT2D eigenvalue weighted by Crippen LogP contribution is -2.32. The van der Waals surface area contributed by atoms with E-state index in [0.717, 1.165) is 17.7 Å². The lowest BCUT2D eigenvalue weighted by Gasteiger charge is -2.30. The molecule has 1 aromatic carbocycles. The lowest BCUT2D eigenvalue weighted by atomic mass is 9.84. The average molecular weight is 291 g/mol.